The fraction of sp³-hybridized carbons (Fsp3) is 0.300. The largest absolute Gasteiger partial charge is 0.374 e. The van der Waals surface area contributed by atoms with E-state index in [2.05, 4.69) is 16.0 Å². The number of carbonyl (C=O) groups excluding carboxylic acids is 2. The van der Waals surface area contributed by atoms with Crippen LogP contribution in [0.25, 0.3) is 0 Å². The number of aryl methyl sites for hydroxylation is 3. The fourth-order valence-electron chi connectivity index (χ4n) is 2.86. The Morgan fingerprint density at radius 2 is 1.80 bits per heavy atom. The molecule has 0 bridgehead atoms. The van der Waals surface area contributed by atoms with Crippen LogP contribution in [0.15, 0.2) is 36.4 Å². The smallest absolute Gasteiger partial charge is 0.246 e. The summed E-state index contributed by atoms with van der Waals surface area (Å²) in [6.07, 6.45) is 1.22. The van der Waals surface area contributed by atoms with Crippen molar-refractivity contribution < 1.29 is 9.59 Å². The second-order valence-electron chi connectivity index (χ2n) is 6.57. The molecule has 5 heteroatoms. The van der Waals surface area contributed by atoms with Gasteiger partial charge in [0, 0.05) is 23.5 Å². The second-order valence-corrected chi connectivity index (χ2v) is 6.57. The molecular formula is C20H23N3O2. The number of anilines is 3. The van der Waals surface area contributed by atoms with Crippen molar-refractivity contribution in [3.05, 3.63) is 53.1 Å². The Balaban J connectivity index is 1.65. The number of rotatable bonds is 4. The van der Waals surface area contributed by atoms with Crippen LogP contribution in [-0.2, 0) is 16.0 Å². The van der Waals surface area contributed by atoms with E-state index < -0.39 is 0 Å². The molecule has 25 heavy (non-hydrogen) atoms. The summed E-state index contributed by atoms with van der Waals surface area (Å²) in [5, 5.41) is 9.02. The average molecular weight is 337 g/mol. The topological polar surface area (TPSA) is 70.2 Å². The van der Waals surface area contributed by atoms with Crippen LogP contribution >= 0.6 is 0 Å². The van der Waals surface area contributed by atoms with Crippen LogP contribution in [0.3, 0.4) is 0 Å². The number of amides is 2. The monoisotopic (exact) mass is 337 g/mol. The molecule has 5 nitrogen and oxygen atoms in total. The van der Waals surface area contributed by atoms with Gasteiger partial charge in [0.05, 0.1) is 0 Å². The maximum atomic E-state index is 12.4. The zero-order valence-electron chi connectivity index (χ0n) is 14.8. The Labute approximate surface area is 147 Å². The lowest BCUT2D eigenvalue weighted by molar-refractivity contribution is -0.117. The summed E-state index contributed by atoms with van der Waals surface area (Å²) >= 11 is 0. The van der Waals surface area contributed by atoms with Gasteiger partial charge in [-0.3, -0.25) is 9.59 Å². The molecule has 0 aliphatic carbocycles. The summed E-state index contributed by atoms with van der Waals surface area (Å²) in [5.74, 6) is -0.0383. The van der Waals surface area contributed by atoms with Crippen molar-refractivity contribution in [2.75, 3.05) is 16.0 Å². The highest BCUT2D eigenvalue weighted by Gasteiger charge is 2.17. The molecule has 2 aromatic carbocycles. The van der Waals surface area contributed by atoms with E-state index in [4.69, 9.17) is 0 Å². The number of benzene rings is 2. The van der Waals surface area contributed by atoms with Crippen molar-refractivity contribution in [3.8, 4) is 0 Å². The first-order chi connectivity index (χ1) is 11.9. The van der Waals surface area contributed by atoms with E-state index in [1.807, 2.05) is 57.2 Å². The first-order valence-corrected chi connectivity index (χ1v) is 8.50. The van der Waals surface area contributed by atoms with Gasteiger partial charge in [-0.2, -0.15) is 0 Å². The van der Waals surface area contributed by atoms with Gasteiger partial charge in [-0.25, -0.2) is 0 Å². The number of hydrogen-bond donors (Lipinski definition) is 3. The van der Waals surface area contributed by atoms with E-state index >= 15 is 0 Å². The molecule has 2 amide bonds. The van der Waals surface area contributed by atoms with Crippen molar-refractivity contribution in [2.24, 2.45) is 0 Å². The normalized spacial score (nSPS) is 14.3. The summed E-state index contributed by atoms with van der Waals surface area (Å²) in [4.78, 5) is 23.8. The predicted molar refractivity (Wildman–Crippen MR) is 101 cm³/mol. The highest BCUT2D eigenvalue weighted by molar-refractivity contribution is 5.97. The van der Waals surface area contributed by atoms with Crippen molar-refractivity contribution in [1.29, 1.82) is 0 Å². The number of fused-ring (bicyclic) bond motifs is 1. The Bertz CT molecular complexity index is 830. The molecular weight excluding hydrogens is 314 g/mol. The fourth-order valence-corrected chi connectivity index (χ4v) is 2.86. The van der Waals surface area contributed by atoms with Gasteiger partial charge in [-0.05, 0) is 74.2 Å². The van der Waals surface area contributed by atoms with E-state index in [-0.39, 0.29) is 17.9 Å². The maximum absolute atomic E-state index is 12.4. The van der Waals surface area contributed by atoms with Crippen LogP contribution in [0.5, 0.6) is 0 Å². The van der Waals surface area contributed by atoms with Crippen molar-refractivity contribution in [1.82, 2.24) is 0 Å². The third kappa shape index (κ3) is 3.99. The number of nitrogens with one attached hydrogen (secondary N) is 3. The van der Waals surface area contributed by atoms with Crippen LogP contribution in [0, 0.1) is 13.8 Å². The maximum Gasteiger partial charge on any atom is 0.246 e. The van der Waals surface area contributed by atoms with Crippen LogP contribution in [-0.4, -0.2) is 17.9 Å². The summed E-state index contributed by atoms with van der Waals surface area (Å²) in [5.41, 5.74) is 5.97. The lowest BCUT2D eigenvalue weighted by Crippen LogP contribution is -2.32. The molecule has 0 radical (unpaired) electrons. The highest BCUT2D eigenvalue weighted by Crippen LogP contribution is 2.26. The molecule has 0 saturated heterocycles. The molecule has 1 atom stereocenters. The Morgan fingerprint density at radius 1 is 1.04 bits per heavy atom. The van der Waals surface area contributed by atoms with E-state index in [1.54, 1.807) is 0 Å². The van der Waals surface area contributed by atoms with Crippen molar-refractivity contribution >= 4 is 28.9 Å². The lowest BCUT2D eigenvalue weighted by Gasteiger charge is -2.20. The van der Waals surface area contributed by atoms with Crippen LogP contribution in [0.1, 0.15) is 30.0 Å². The molecule has 0 saturated carbocycles. The van der Waals surface area contributed by atoms with E-state index in [9.17, 15) is 9.59 Å². The molecule has 130 valence electrons. The summed E-state index contributed by atoms with van der Waals surface area (Å²) in [6, 6.07) is 11.3. The minimum absolute atomic E-state index is 0.0503. The van der Waals surface area contributed by atoms with Crippen LogP contribution < -0.4 is 16.0 Å². The number of hydrogen-bond acceptors (Lipinski definition) is 3. The predicted octanol–water partition coefficient (Wildman–Crippen LogP) is 3.63. The van der Waals surface area contributed by atoms with Crippen molar-refractivity contribution in [2.45, 2.75) is 39.7 Å². The minimum Gasteiger partial charge on any atom is -0.374 e. The number of carbonyl (C=O) groups is 2. The van der Waals surface area contributed by atoms with Gasteiger partial charge in [0.15, 0.2) is 0 Å². The standard InChI is InChI=1S/C20H23N3O2/c1-12-4-6-16(10-13(12)2)22-20(25)14(3)21-17-7-8-18-15(11-17)5-9-19(24)23-18/h4,6-8,10-11,14,21H,5,9H2,1-3H3,(H,22,25)(H,23,24)/t14-/m1/s1. The zero-order chi connectivity index (χ0) is 18.0. The molecule has 1 aliphatic heterocycles. The quantitative estimate of drug-likeness (QED) is 0.798. The molecule has 3 rings (SSSR count). The zero-order valence-corrected chi connectivity index (χ0v) is 14.8. The van der Waals surface area contributed by atoms with Gasteiger partial charge in [0.1, 0.15) is 6.04 Å². The molecule has 3 N–H and O–H groups in total. The van der Waals surface area contributed by atoms with Crippen LogP contribution in [0.2, 0.25) is 0 Å². The van der Waals surface area contributed by atoms with Gasteiger partial charge in [-0.15, -0.1) is 0 Å². The molecule has 0 aromatic heterocycles. The Morgan fingerprint density at radius 3 is 2.56 bits per heavy atom. The third-order valence-electron chi connectivity index (χ3n) is 4.55. The summed E-state index contributed by atoms with van der Waals surface area (Å²) in [6.45, 7) is 5.90. The molecule has 2 aromatic rings. The molecule has 1 heterocycles. The summed E-state index contributed by atoms with van der Waals surface area (Å²) < 4.78 is 0. The van der Waals surface area contributed by atoms with E-state index in [1.165, 1.54) is 5.56 Å². The minimum atomic E-state index is -0.377. The molecule has 1 aliphatic rings. The Hall–Kier alpha value is -2.82. The van der Waals surface area contributed by atoms with E-state index in [0.29, 0.717) is 6.42 Å². The van der Waals surface area contributed by atoms with Gasteiger partial charge in [0.2, 0.25) is 11.8 Å². The Kier molecular flexibility index (Phi) is 4.74. The highest BCUT2D eigenvalue weighted by atomic mass is 16.2. The van der Waals surface area contributed by atoms with Crippen molar-refractivity contribution in [3.63, 3.8) is 0 Å². The lowest BCUT2D eigenvalue weighted by atomic mass is 10.0. The van der Waals surface area contributed by atoms with Crippen LogP contribution in [0.4, 0.5) is 17.1 Å². The van der Waals surface area contributed by atoms with Gasteiger partial charge in [-0.1, -0.05) is 6.07 Å². The average Bonchev–Trinajstić information content (AvgIpc) is 2.58. The third-order valence-corrected chi connectivity index (χ3v) is 4.55. The van der Waals surface area contributed by atoms with Gasteiger partial charge in [0.25, 0.3) is 0 Å². The van der Waals surface area contributed by atoms with Gasteiger partial charge >= 0.3 is 0 Å². The summed E-state index contributed by atoms with van der Waals surface area (Å²) in [7, 11) is 0. The van der Waals surface area contributed by atoms with E-state index in [0.717, 1.165) is 34.6 Å². The second kappa shape index (κ2) is 6.97. The van der Waals surface area contributed by atoms with Gasteiger partial charge < -0.3 is 16.0 Å². The SMILES string of the molecule is Cc1ccc(NC(=O)[C@@H](C)Nc2ccc3c(c2)CCC(=O)N3)cc1C. The molecule has 0 spiro atoms. The first-order valence-electron chi connectivity index (χ1n) is 8.50. The molecule has 0 unspecified atom stereocenters. The molecule has 0 fully saturated rings. The first kappa shape index (κ1) is 17.0.